The molecule has 17 rings (SSSR count). The van der Waals surface area contributed by atoms with Gasteiger partial charge >= 0.3 is 0 Å². The molecule has 6 aromatic heterocycles. The summed E-state index contributed by atoms with van der Waals surface area (Å²) < 4.78 is 14.2. The number of para-hydroxylation sites is 3. The van der Waals surface area contributed by atoms with E-state index in [1.807, 2.05) is 11.3 Å². The van der Waals surface area contributed by atoms with Crippen molar-refractivity contribution in [2.45, 2.75) is 0 Å². The summed E-state index contributed by atoms with van der Waals surface area (Å²) in [5, 5.41) is 26.0. The van der Waals surface area contributed by atoms with E-state index in [2.05, 4.69) is 232 Å². The quantitative estimate of drug-likeness (QED) is 0.162. The summed E-state index contributed by atoms with van der Waals surface area (Å²) in [6, 6.07) is 79.0. The molecule has 11 aromatic carbocycles. The minimum Gasteiger partial charge on any atom is -0.316 e. The van der Waals surface area contributed by atoms with Crippen LogP contribution in [0.2, 0.25) is 0 Å². The number of benzene rings is 11. The monoisotopic (exact) mass is 1020 g/mol. The molecule has 0 N–H and O–H groups in total. The van der Waals surface area contributed by atoms with Crippen LogP contribution < -0.4 is 0 Å². The van der Waals surface area contributed by atoms with Crippen molar-refractivity contribution in [3.63, 3.8) is 0 Å². The first-order valence-corrected chi connectivity index (χ1v) is 27.7. The number of hydrogen-bond acceptors (Lipinski definition) is 4. The van der Waals surface area contributed by atoms with E-state index in [9.17, 15) is 11.8 Å². The van der Waals surface area contributed by atoms with Crippen LogP contribution in [0.15, 0.2) is 212 Å². The molecule has 0 saturated heterocycles. The van der Waals surface area contributed by atoms with E-state index < -0.39 is 0 Å². The molecule has 76 heavy (non-hydrogen) atoms. The Labute approximate surface area is 445 Å². The van der Waals surface area contributed by atoms with Crippen LogP contribution in [0, 0.1) is 17.9 Å². The van der Waals surface area contributed by atoms with Gasteiger partial charge in [0.2, 0.25) is 5.69 Å². The predicted octanol–water partition coefficient (Wildman–Crippen LogP) is 20.2. The third-order valence-electron chi connectivity index (χ3n) is 15.9. The first-order chi connectivity index (χ1) is 37.7. The second-order valence-corrected chi connectivity index (χ2v) is 22.8. The predicted molar refractivity (Wildman–Crippen MR) is 325 cm³/mol. The molecule has 0 bridgehead atoms. The zero-order chi connectivity index (χ0) is 49.9. The molecule has 0 fully saturated rings. The fourth-order valence-corrected chi connectivity index (χ4v) is 16.6. The molecule has 0 spiro atoms. The van der Waals surface area contributed by atoms with Crippen molar-refractivity contribution < 1.29 is 0 Å². The summed E-state index contributed by atoms with van der Waals surface area (Å²) >= 11 is 5.39. The van der Waals surface area contributed by atoms with Crippen molar-refractivity contribution in [2.24, 2.45) is 0 Å². The number of thiophene rings is 3. The van der Waals surface area contributed by atoms with Gasteiger partial charge < -0.3 is 13.7 Å². The third-order valence-corrected chi connectivity index (χ3v) is 19.5. The molecule has 0 unspecified atom stereocenters. The smallest absolute Gasteiger partial charge is 0.232 e. The van der Waals surface area contributed by atoms with Gasteiger partial charge in [0, 0.05) is 84.3 Å². The molecule has 0 aliphatic rings. The van der Waals surface area contributed by atoms with Crippen LogP contribution in [-0.4, -0.2) is 13.7 Å². The van der Waals surface area contributed by atoms with Crippen molar-refractivity contribution in [3.8, 4) is 34.3 Å². The minimum absolute atomic E-state index is 0.289. The molecular weight excluding hydrogens is 983 g/mol. The van der Waals surface area contributed by atoms with E-state index in [4.69, 9.17) is 4.85 Å². The Kier molecular flexibility index (Phi) is 8.54. The molecular formula is C68H35N5S3. The van der Waals surface area contributed by atoms with E-state index in [0.717, 1.165) is 107 Å². The van der Waals surface area contributed by atoms with Crippen molar-refractivity contribution in [1.29, 1.82) is 5.26 Å². The summed E-state index contributed by atoms with van der Waals surface area (Å²) in [7, 11) is 0. The van der Waals surface area contributed by atoms with Crippen LogP contribution in [0.3, 0.4) is 0 Å². The Morgan fingerprint density at radius 1 is 0.342 bits per heavy atom. The van der Waals surface area contributed by atoms with E-state index in [-0.39, 0.29) is 5.69 Å². The average Bonchev–Trinajstić information content (AvgIpc) is 4.50. The fourth-order valence-electron chi connectivity index (χ4n) is 12.8. The van der Waals surface area contributed by atoms with Gasteiger partial charge in [-0.25, -0.2) is 4.85 Å². The van der Waals surface area contributed by atoms with Crippen LogP contribution in [0.4, 0.5) is 5.69 Å². The lowest BCUT2D eigenvalue weighted by Crippen LogP contribution is -2.12. The normalized spacial score (nSPS) is 12.2. The zero-order valence-electron chi connectivity index (χ0n) is 40.2. The number of hydrogen-bond donors (Lipinski definition) is 0. The van der Waals surface area contributed by atoms with Crippen molar-refractivity contribution in [2.75, 3.05) is 0 Å². The van der Waals surface area contributed by atoms with Crippen molar-refractivity contribution >= 4 is 166 Å². The topological polar surface area (TPSA) is 42.9 Å². The second-order valence-electron chi connectivity index (χ2n) is 19.6. The number of nitriles is 1. The van der Waals surface area contributed by atoms with Crippen LogP contribution >= 0.6 is 34.0 Å². The van der Waals surface area contributed by atoms with E-state index in [1.54, 1.807) is 22.7 Å². The lowest BCUT2D eigenvalue weighted by Gasteiger charge is -2.27. The molecule has 17 aromatic rings. The van der Waals surface area contributed by atoms with Crippen LogP contribution in [0.1, 0.15) is 5.56 Å². The third kappa shape index (κ3) is 5.39. The highest BCUT2D eigenvalue weighted by Gasteiger charge is 2.35. The van der Waals surface area contributed by atoms with Gasteiger partial charge in [-0.3, -0.25) is 0 Å². The average molecular weight is 1020 g/mol. The number of aromatic nitrogens is 3. The molecule has 350 valence electrons. The van der Waals surface area contributed by atoms with Crippen LogP contribution in [0.25, 0.3) is 159 Å². The summed E-state index contributed by atoms with van der Waals surface area (Å²) in [5.41, 5.74) is 10.6. The van der Waals surface area contributed by atoms with E-state index in [1.165, 1.54) is 35.6 Å². The molecule has 0 atom stereocenters. The minimum atomic E-state index is 0.289. The van der Waals surface area contributed by atoms with Crippen molar-refractivity contribution in [1.82, 2.24) is 13.7 Å². The maximum Gasteiger partial charge on any atom is 0.232 e. The Morgan fingerprint density at radius 2 is 0.684 bits per heavy atom. The molecule has 0 amide bonds. The van der Waals surface area contributed by atoms with Crippen LogP contribution in [-0.2, 0) is 0 Å². The first kappa shape index (κ1) is 41.9. The fraction of sp³-hybridized carbons (Fsp3) is 0. The Hall–Kier alpha value is -9.54. The van der Waals surface area contributed by atoms with Crippen LogP contribution in [0.5, 0.6) is 0 Å². The molecule has 5 nitrogen and oxygen atoms in total. The molecule has 0 saturated carbocycles. The summed E-state index contributed by atoms with van der Waals surface area (Å²) in [4.78, 5) is 4.71. The van der Waals surface area contributed by atoms with Crippen molar-refractivity contribution in [3.05, 3.63) is 229 Å². The highest BCUT2D eigenvalue weighted by molar-refractivity contribution is 7.27. The second kappa shape index (κ2) is 15.5. The Balaban J connectivity index is 1.20. The molecule has 0 radical (unpaired) electrons. The standard InChI is InChI=1S/C68H35N5S3/c1-70-59-51(37-69)60(71-52-25-11-5-19-39(52)45-31-34-48-42-22-8-14-28-55(42)74-66(48)61(45)71)58(38-17-3-2-4-18-38)64(72-53-26-12-6-20-40(53)46-32-35-49-43-23-9-15-29-56(43)75-67(49)62(46)72)65(59)73-54-27-13-7-21-41(54)47-33-36-50-44-24-10-16-30-57(44)76-68(50)63(47)73/h2-36H. The lowest BCUT2D eigenvalue weighted by molar-refractivity contribution is 1.09. The summed E-state index contributed by atoms with van der Waals surface area (Å²) in [5.74, 6) is 0. The van der Waals surface area contributed by atoms with Gasteiger partial charge in [0.15, 0.2) is 0 Å². The van der Waals surface area contributed by atoms with E-state index >= 15 is 0 Å². The Morgan fingerprint density at radius 3 is 1.09 bits per heavy atom. The van der Waals surface area contributed by atoms with Gasteiger partial charge in [-0.15, -0.1) is 34.0 Å². The van der Waals surface area contributed by atoms with Gasteiger partial charge in [0.1, 0.15) is 0 Å². The SMILES string of the molecule is [C-]#[N+]c1c(C#N)c(-n2c3ccccc3c3ccc4c5ccccc5sc4c32)c(-c2ccccc2)c(-n2c3ccccc3c3ccc4c5ccccc5sc4c32)c1-n1c2ccccc2c2ccc3c4ccccc4sc3c21. The maximum absolute atomic E-state index is 12.4. The molecule has 0 aliphatic heterocycles. The number of rotatable bonds is 4. The van der Waals surface area contributed by atoms with Gasteiger partial charge in [-0.2, -0.15) is 5.26 Å². The highest BCUT2D eigenvalue weighted by Crippen LogP contribution is 2.55. The molecule has 0 aliphatic carbocycles. The van der Waals surface area contributed by atoms with Gasteiger partial charge in [-0.1, -0.05) is 176 Å². The number of fused-ring (bicyclic) bond motifs is 21. The van der Waals surface area contributed by atoms with Gasteiger partial charge in [0.05, 0.1) is 82.5 Å². The van der Waals surface area contributed by atoms with Gasteiger partial charge in [-0.05, 0) is 42.0 Å². The van der Waals surface area contributed by atoms with E-state index in [0.29, 0.717) is 16.9 Å². The zero-order valence-corrected chi connectivity index (χ0v) is 42.6. The highest BCUT2D eigenvalue weighted by atomic mass is 32.1. The maximum atomic E-state index is 12.4. The largest absolute Gasteiger partial charge is 0.316 e. The lowest BCUT2D eigenvalue weighted by atomic mass is 9.93. The number of nitrogens with zero attached hydrogens (tertiary/aromatic N) is 5. The first-order valence-electron chi connectivity index (χ1n) is 25.3. The Bertz CT molecular complexity index is 5510. The summed E-state index contributed by atoms with van der Waals surface area (Å²) in [6.07, 6.45) is 0. The molecule has 8 heteroatoms. The summed E-state index contributed by atoms with van der Waals surface area (Å²) in [6.45, 7) is 9.73. The van der Waals surface area contributed by atoms with Gasteiger partial charge in [0.25, 0.3) is 0 Å². The molecule has 6 heterocycles.